The Labute approximate surface area is 92.6 Å². The summed E-state index contributed by atoms with van der Waals surface area (Å²) in [5.41, 5.74) is 0.516. The predicted molar refractivity (Wildman–Crippen MR) is 55.1 cm³/mol. The Bertz CT molecular complexity index is 439. The fourth-order valence-corrected chi connectivity index (χ4v) is 1.72. The molecule has 1 aromatic heterocycles. The summed E-state index contributed by atoms with van der Waals surface area (Å²) in [6.07, 6.45) is 1.38. The second-order valence-corrected chi connectivity index (χ2v) is 3.68. The van der Waals surface area contributed by atoms with Crippen LogP contribution >= 0.6 is 0 Å². The van der Waals surface area contributed by atoms with Crippen LogP contribution in [0.4, 0.5) is 0 Å². The molecule has 6 nitrogen and oxygen atoms in total. The first-order chi connectivity index (χ1) is 7.63. The third-order valence-electron chi connectivity index (χ3n) is 2.37. The molecule has 0 radical (unpaired) electrons. The predicted octanol–water partition coefficient (Wildman–Crippen LogP) is 0.192. The molecule has 1 atom stereocenters. The number of fused-ring (bicyclic) bond motifs is 1. The molecule has 2 rings (SSSR count). The lowest BCUT2D eigenvalue weighted by Crippen LogP contribution is -2.43. The van der Waals surface area contributed by atoms with Gasteiger partial charge in [0.1, 0.15) is 11.3 Å². The molecular formula is C10H13N3O3. The summed E-state index contributed by atoms with van der Waals surface area (Å²) in [7, 11) is 0. The highest BCUT2D eigenvalue weighted by Crippen LogP contribution is 2.14. The minimum Gasteiger partial charge on any atom is -0.462 e. The Balaban J connectivity index is 2.37. The van der Waals surface area contributed by atoms with Crippen LogP contribution in [-0.4, -0.2) is 34.3 Å². The number of nitrogens with one attached hydrogen (secondary N) is 1. The maximum atomic E-state index is 11.7. The number of carbonyl (C=O) groups is 2. The Morgan fingerprint density at radius 2 is 2.50 bits per heavy atom. The molecule has 0 unspecified atom stereocenters. The highest BCUT2D eigenvalue weighted by Gasteiger charge is 2.29. The zero-order valence-corrected chi connectivity index (χ0v) is 9.19. The molecule has 0 saturated carbocycles. The monoisotopic (exact) mass is 223 g/mol. The number of amides is 1. The number of ether oxygens (including phenoxy) is 1. The number of carbonyl (C=O) groups excluding carboxylic acids is 2. The fraction of sp³-hybridized carbons (Fsp3) is 0.500. The van der Waals surface area contributed by atoms with Crippen LogP contribution in [0.2, 0.25) is 0 Å². The summed E-state index contributed by atoms with van der Waals surface area (Å²) in [6.45, 7) is 4.45. The second-order valence-electron chi connectivity index (χ2n) is 3.68. The van der Waals surface area contributed by atoms with Gasteiger partial charge in [0, 0.05) is 6.04 Å². The first-order valence-corrected chi connectivity index (χ1v) is 5.17. The summed E-state index contributed by atoms with van der Waals surface area (Å²) >= 11 is 0. The first kappa shape index (κ1) is 10.7. The van der Waals surface area contributed by atoms with E-state index in [1.807, 2.05) is 6.92 Å². The SMILES string of the molecule is CCOC(=O)c1cnn2c1C(=O)N[C@H](C)C2. The molecule has 1 aromatic rings. The van der Waals surface area contributed by atoms with Crippen LogP contribution in [-0.2, 0) is 11.3 Å². The maximum absolute atomic E-state index is 11.7. The van der Waals surface area contributed by atoms with Crippen LogP contribution in [0.1, 0.15) is 34.7 Å². The maximum Gasteiger partial charge on any atom is 0.342 e. The van der Waals surface area contributed by atoms with E-state index in [1.165, 1.54) is 10.9 Å². The van der Waals surface area contributed by atoms with E-state index in [0.29, 0.717) is 6.54 Å². The van der Waals surface area contributed by atoms with Crippen LogP contribution in [0, 0.1) is 0 Å². The van der Waals surface area contributed by atoms with Gasteiger partial charge in [-0.25, -0.2) is 4.79 Å². The van der Waals surface area contributed by atoms with Gasteiger partial charge in [-0.3, -0.25) is 9.48 Å². The summed E-state index contributed by atoms with van der Waals surface area (Å²) in [5.74, 6) is -0.784. The van der Waals surface area contributed by atoms with Crippen molar-refractivity contribution in [2.24, 2.45) is 0 Å². The molecule has 1 aliphatic rings. The summed E-state index contributed by atoms with van der Waals surface area (Å²) in [6, 6.07) is 0.0231. The molecule has 0 aliphatic carbocycles. The van der Waals surface area contributed by atoms with E-state index in [4.69, 9.17) is 4.74 Å². The van der Waals surface area contributed by atoms with Crippen molar-refractivity contribution in [3.8, 4) is 0 Å². The molecule has 0 fully saturated rings. The minimum absolute atomic E-state index is 0.0231. The van der Waals surface area contributed by atoms with Gasteiger partial charge in [0.2, 0.25) is 0 Å². The lowest BCUT2D eigenvalue weighted by Gasteiger charge is -2.21. The molecule has 0 aromatic carbocycles. The largest absolute Gasteiger partial charge is 0.462 e. The van der Waals surface area contributed by atoms with Crippen molar-refractivity contribution in [2.45, 2.75) is 26.4 Å². The molecule has 1 amide bonds. The Morgan fingerprint density at radius 1 is 1.75 bits per heavy atom. The summed E-state index contributed by atoms with van der Waals surface area (Å²) < 4.78 is 6.39. The number of esters is 1. The van der Waals surface area contributed by atoms with Crippen molar-refractivity contribution in [1.82, 2.24) is 15.1 Å². The van der Waals surface area contributed by atoms with Crippen LogP contribution in [0.3, 0.4) is 0 Å². The fourth-order valence-electron chi connectivity index (χ4n) is 1.72. The number of hydrogen-bond donors (Lipinski definition) is 1. The molecule has 0 bridgehead atoms. The number of hydrogen-bond acceptors (Lipinski definition) is 4. The molecule has 6 heteroatoms. The second kappa shape index (κ2) is 3.96. The molecule has 86 valence electrons. The third kappa shape index (κ3) is 1.66. The molecule has 0 saturated heterocycles. The summed E-state index contributed by atoms with van der Waals surface area (Å²) in [4.78, 5) is 23.3. The first-order valence-electron chi connectivity index (χ1n) is 5.17. The molecule has 0 spiro atoms. The summed E-state index contributed by atoms with van der Waals surface area (Å²) in [5, 5.41) is 6.77. The Kier molecular flexibility index (Phi) is 2.64. The quantitative estimate of drug-likeness (QED) is 0.726. The van der Waals surface area contributed by atoms with E-state index in [1.54, 1.807) is 6.92 Å². The molecule has 2 heterocycles. The molecule has 1 N–H and O–H groups in total. The molecular weight excluding hydrogens is 210 g/mol. The van der Waals surface area contributed by atoms with Crippen molar-refractivity contribution in [2.75, 3.05) is 6.61 Å². The highest BCUT2D eigenvalue weighted by atomic mass is 16.5. The topological polar surface area (TPSA) is 73.2 Å². The van der Waals surface area contributed by atoms with Crippen molar-refractivity contribution in [3.63, 3.8) is 0 Å². The lowest BCUT2D eigenvalue weighted by atomic mass is 10.2. The van der Waals surface area contributed by atoms with Gasteiger partial charge in [-0.15, -0.1) is 0 Å². The van der Waals surface area contributed by atoms with Gasteiger partial charge >= 0.3 is 5.97 Å². The zero-order chi connectivity index (χ0) is 11.7. The van der Waals surface area contributed by atoms with Crippen LogP contribution in [0.25, 0.3) is 0 Å². The molecule has 1 aliphatic heterocycles. The van der Waals surface area contributed by atoms with E-state index < -0.39 is 5.97 Å². The van der Waals surface area contributed by atoms with Gasteiger partial charge in [-0.2, -0.15) is 5.10 Å². The van der Waals surface area contributed by atoms with E-state index in [-0.39, 0.29) is 29.8 Å². The van der Waals surface area contributed by atoms with Crippen LogP contribution in [0.5, 0.6) is 0 Å². The van der Waals surface area contributed by atoms with E-state index in [2.05, 4.69) is 10.4 Å². The van der Waals surface area contributed by atoms with E-state index in [0.717, 1.165) is 0 Å². The van der Waals surface area contributed by atoms with Crippen molar-refractivity contribution in [3.05, 3.63) is 17.5 Å². The van der Waals surface area contributed by atoms with Gasteiger partial charge in [-0.1, -0.05) is 0 Å². The number of rotatable bonds is 2. The highest BCUT2D eigenvalue weighted by molar-refractivity contribution is 6.04. The lowest BCUT2D eigenvalue weighted by molar-refractivity contribution is 0.0521. The van der Waals surface area contributed by atoms with Gasteiger partial charge in [0.05, 0.1) is 19.3 Å². The zero-order valence-electron chi connectivity index (χ0n) is 9.19. The third-order valence-corrected chi connectivity index (χ3v) is 2.37. The smallest absolute Gasteiger partial charge is 0.342 e. The van der Waals surface area contributed by atoms with Gasteiger partial charge in [0.25, 0.3) is 5.91 Å². The Morgan fingerprint density at radius 3 is 3.19 bits per heavy atom. The minimum atomic E-state index is -0.506. The van der Waals surface area contributed by atoms with E-state index in [9.17, 15) is 9.59 Å². The van der Waals surface area contributed by atoms with Crippen LogP contribution in [0.15, 0.2) is 6.20 Å². The normalized spacial score (nSPS) is 18.9. The number of aromatic nitrogens is 2. The number of nitrogens with zero attached hydrogens (tertiary/aromatic N) is 2. The van der Waals surface area contributed by atoms with E-state index >= 15 is 0 Å². The van der Waals surface area contributed by atoms with Crippen molar-refractivity contribution >= 4 is 11.9 Å². The standard InChI is InChI=1S/C10H13N3O3/c1-3-16-10(15)7-4-11-13-5-6(2)12-9(14)8(7)13/h4,6H,3,5H2,1-2H3,(H,12,14)/t6-/m1/s1. The van der Waals surface area contributed by atoms with Gasteiger partial charge in [-0.05, 0) is 13.8 Å². The van der Waals surface area contributed by atoms with Crippen molar-refractivity contribution in [1.29, 1.82) is 0 Å². The average Bonchev–Trinajstić information content (AvgIpc) is 2.61. The van der Waals surface area contributed by atoms with Gasteiger partial charge in [0.15, 0.2) is 0 Å². The Hall–Kier alpha value is -1.85. The van der Waals surface area contributed by atoms with Crippen molar-refractivity contribution < 1.29 is 14.3 Å². The average molecular weight is 223 g/mol. The molecule has 16 heavy (non-hydrogen) atoms. The van der Waals surface area contributed by atoms with Gasteiger partial charge < -0.3 is 10.1 Å². The van der Waals surface area contributed by atoms with Crippen LogP contribution < -0.4 is 5.32 Å².